The van der Waals surface area contributed by atoms with E-state index < -0.39 is 23.7 Å². The van der Waals surface area contributed by atoms with Gasteiger partial charge in [-0.1, -0.05) is 6.07 Å². The first-order valence-electron chi connectivity index (χ1n) is 10.5. The quantitative estimate of drug-likeness (QED) is 0.647. The first-order chi connectivity index (χ1) is 15.1. The van der Waals surface area contributed by atoms with Gasteiger partial charge in [0, 0.05) is 12.2 Å². The van der Waals surface area contributed by atoms with Crippen LogP contribution in [0.4, 0.5) is 4.79 Å². The van der Waals surface area contributed by atoms with Crippen LogP contribution in [0, 0.1) is 6.92 Å². The fraction of sp³-hybridized carbons (Fsp3) is 0.458. The number of aryl methyl sites for hydroxylation is 1. The zero-order chi connectivity index (χ0) is 23.5. The number of carbonyl (C=O) groups excluding carboxylic acids is 2. The number of amides is 1. The molecule has 0 bridgehead atoms. The molecule has 1 aromatic heterocycles. The first-order valence-corrected chi connectivity index (χ1v) is 10.5. The lowest BCUT2D eigenvalue weighted by Gasteiger charge is -2.36. The molecule has 0 saturated heterocycles. The summed E-state index contributed by atoms with van der Waals surface area (Å²) in [5.41, 5.74) is 2.53. The summed E-state index contributed by atoms with van der Waals surface area (Å²) in [6.45, 7) is 7.85. The Labute approximate surface area is 188 Å². The van der Waals surface area contributed by atoms with E-state index in [2.05, 4.69) is 4.98 Å². The largest absolute Gasteiger partial charge is 0.495 e. The number of rotatable bonds is 5. The number of aromatic nitrogens is 1. The van der Waals surface area contributed by atoms with Crippen molar-refractivity contribution in [2.24, 2.45) is 0 Å². The van der Waals surface area contributed by atoms with E-state index in [-0.39, 0.29) is 6.61 Å². The van der Waals surface area contributed by atoms with Crippen LogP contribution >= 0.6 is 0 Å². The summed E-state index contributed by atoms with van der Waals surface area (Å²) in [5, 5.41) is 0. The second-order valence-electron chi connectivity index (χ2n) is 8.60. The van der Waals surface area contributed by atoms with Crippen LogP contribution in [0.3, 0.4) is 0 Å². The van der Waals surface area contributed by atoms with E-state index in [1.165, 1.54) is 12.0 Å². The summed E-state index contributed by atoms with van der Waals surface area (Å²) in [7, 11) is 2.90. The molecule has 8 heteroatoms. The van der Waals surface area contributed by atoms with Crippen LogP contribution in [-0.4, -0.2) is 48.3 Å². The SMILES string of the molecule is COC(=O)[C@H]1c2ccc(OCc3nc(C)ccc3OC)cc2CCN1C(=O)OC(C)(C)C. The molecular formula is C24H30N2O6. The van der Waals surface area contributed by atoms with Gasteiger partial charge in [0.05, 0.1) is 14.2 Å². The molecule has 0 saturated carbocycles. The number of benzene rings is 1. The minimum absolute atomic E-state index is 0.244. The Morgan fingerprint density at radius 3 is 2.56 bits per heavy atom. The number of hydrogen-bond acceptors (Lipinski definition) is 7. The third kappa shape index (κ3) is 5.30. The van der Waals surface area contributed by atoms with Crippen LogP contribution in [0.2, 0.25) is 0 Å². The van der Waals surface area contributed by atoms with Crippen LogP contribution in [0.5, 0.6) is 11.5 Å². The molecule has 0 unspecified atom stereocenters. The summed E-state index contributed by atoms with van der Waals surface area (Å²) in [5.74, 6) is 0.787. The molecule has 1 aromatic carbocycles. The van der Waals surface area contributed by atoms with Gasteiger partial charge in [0.1, 0.15) is 29.4 Å². The maximum atomic E-state index is 12.7. The zero-order valence-corrected chi connectivity index (χ0v) is 19.4. The molecule has 3 rings (SSSR count). The molecular weight excluding hydrogens is 412 g/mol. The summed E-state index contributed by atoms with van der Waals surface area (Å²) >= 11 is 0. The van der Waals surface area contributed by atoms with Gasteiger partial charge in [-0.05, 0) is 69.5 Å². The fourth-order valence-electron chi connectivity index (χ4n) is 3.61. The average Bonchev–Trinajstić information content (AvgIpc) is 2.75. The molecule has 8 nitrogen and oxygen atoms in total. The van der Waals surface area contributed by atoms with Gasteiger partial charge in [0.25, 0.3) is 0 Å². The average molecular weight is 443 g/mol. The molecule has 1 atom stereocenters. The minimum atomic E-state index is -0.869. The number of carbonyl (C=O) groups is 2. The topological polar surface area (TPSA) is 87.2 Å². The second kappa shape index (κ2) is 9.46. The number of esters is 1. The lowest BCUT2D eigenvalue weighted by molar-refractivity contribution is -0.147. The standard InChI is InChI=1S/C24H30N2O6/c1-15-7-10-20(29-5)19(25-15)14-31-17-8-9-18-16(13-17)11-12-26(21(18)22(27)30-6)23(28)32-24(2,3)4/h7-10,13,21H,11-12,14H2,1-6H3/t21-/m1/s1. The number of fused-ring (bicyclic) bond motifs is 1. The van der Waals surface area contributed by atoms with Crippen molar-refractivity contribution >= 4 is 12.1 Å². The molecule has 0 N–H and O–H groups in total. The highest BCUT2D eigenvalue weighted by Gasteiger charge is 2.39. The van der Waals surface area contributed by atoms with Crippen LogP contribution in [0.25, 0.3) is 0 Å². The van der Waals surface area contributed by atoms with Gasteiger partial charge in [0.15, 0.2) is 6.04 Å². The van der Waals surface area contributed by atoms with Crippen molar-refractivity contribution in [2.45, 2.75) is 52.4 Å². The number of hydrogen-bond donors (Lipinski definition) is 0. The highest BCUT2D eigenvalue weighted by molar-refractivity contribution is 5.84. The van der Waals surface area contributed by atoms with Crippen molar-refractivity contribution in [1.29, 1.82) is 0 Å². The Bertz CT molecular complexity index is 998. The normalized spacial score (nSPS) is 15.6. The minimum Gasteiger partial charge on any atom is -0.495 e. The van der Waals surface area contributed by atoms with Gasteiger partial charge in [-0.2, -0.15) is 0 Å². The summed E-state index contributed by atoms with van der Waals surface area (Å²) in [6, 6.07) is 8.33. The van der Waals surface area contributed by atoms with Crippen molar-refractivity contribution < 1.29 is 28.5 Å². The summed E-state index contributed by atoms with van der Waals surface area (Å²) < 4.78 is 21.8. The van der Waals surface area contributed by atoms with E-state index in [0.717, 1.165) is 11.3 Å². The Hall–Kier alpha value is -3.29. The van der Waals surface area contributed by atoms with E-state index >= 15 is 0 Å². The first kappa shape index (κ1) is 23.4. The molecule has 0 aliphatic carbocycles. The predicted octanol–water partition coefficient (Wildman–Crippen LogP) is 3.98. The number of pyridine rings is 1. The molecule has 32 heavy (non-hydrogen) atoms. The summed E-state index contributed by atoms with van der Waals surface area (Å²) in [6.07, 6.45) is 0.0159. The number of nitrogens with zero attached hydrogens (tertiary/aromatic N) is 2. The van der Waals surface area contributed by atoms with Crippen molar-refractivity contribution in [3.8, 4) is 11.5 Å². The van der Waals surface area contributed by atoms with Crippen LogP contribution in [0.15, 0.2) is 30.3 Å². The highest BCUT2D eigenvalue weighted by atomic mass is 16.6. The molecule has 1 aliphatic heterocycles. The molecule has 1 amide bonds. The molecule has 0 spiro atoms. The van der Waals surface area contributed by atoms with Crippen LogP contribution in [0.1, 0.15) is 49.3 Å². The Morgan fingerprint density at radius 1 is 1.16 bits per heavy atom. The van der Waals surface area contributed by atoms with E-state index in [1.807, 2.05) is 25.1 Å². The zero-order valence-electron chi connectivity index (χ0n) is 19.4. The van der Waals surface area contributed by atoms with Gasteiger partial charge in [-0.15, -0.1) is 0 Å². The molecule has 2 heterocycles. The third-order valence-corrected chi connectivity index (χ3v) is 5.06. The second-order valence-corrected chi connectivity index (χ2v) is 8.60. The fourth-order valence-corrected chi connectivity index (χ4v) is 3.61. The predicted molar refractivity (Wildman–Crippen MR) is 118 cm³/mol. The van der Waals surface area contributed by atoms with Crippen LogP contribution in [-0.2, 0) is 27.3 Å². The lowest BCUT2D eigenvalue weighted by atomic mass is 9.92. The van der Waals surface area contributed by atoms with Gasteiger partial charge >= 0.3 is 12.1 Å². The molecule has 1 aliphatic rings. The molecule has 172 valence electrons. The Balaban J connectivity index is 1.83. The molecule has 2 aromatic rings. The van der Waals surface area contributed by atoms with Crippen molar-refractivity contribution in [2.75, 3.05) is 20.8 Å². The maximum absolute atomic E-state index is 12.7. The molecule has 0 radical (unpaired) electrons. The van der Waals surface area contributed by atoms with Crippen LogP contribution < -0.4 is 9.47 Å². The highest BCUT2D eigenvalue weighted by Crippen LogP contribution is 2.34. The third-order valence-electron chi connectivity index (χ3n) is 5.06. The summed E-state index contributed by atoms with van der Waals surface area (Å²) in [4.78, 5) is 31.2. The lowest BCUT2D eigenvalue weighted by Crippen LogP contribution is -2.46. The molecule has 0 fully saturated rings. The van der Waals surface area contributed by atoms with E-state index in [1.54, 1.807) is 40.0 Å². The Morgan fingerprint density at radius 2 is 1.91 bits per heavy atom. The van der Waals surface area contributed by atoms with E-state index in [0.29, 0.717) is 35.7 Å². The van der Waals surface area contributed by atoms with Gasteiger partial charge in [0.2, 0.25) is 0 Å². The van der Waals surface area contributed by atoms with Crippen molar-refractivity contribution in [1.82, 2.24) is 9.88 Å². The smallest absolute Gasteiger partial charge is 0.411 e. The van der Waals surface area contributed by atoms with E-state index in [4.69, 9.17) is 18.9 Å². The maximum Gasteiger partial charge on any atom is 0.411 e. The van der Waals surface area contributed by atoms with Gasteiger partial charge in [-0.3, -0.25) is 9.88 Å². The van der Waals surface area contributed by atoms with Crippen molar-refractivity contribution in [3.05, 3.63) is 52.8 Å². The van der Waals surface area contributed by atoms with E-state index in [9.17, 15) is 9.59 Å². The monoisotopic (exact) mass is 442 g/mol. The van der Waals surface area contributed by atoms with Crippen molar-refractivity contribution in [3.63, 3.8) is 0 Å². The van der Waals surface area contributed by atoms with Gasteiger partial charge in [-0.25, -0.2) is 9.59 Å². The number of methoxy groups -OCH3 is 2. The van der Waals surface area contributed by atoms with Gasteiger partial charge < -0.3 is 18.9 Å². The number of ether oxygens (including phenoxy) is 4. The Kier molecular flexibility index (Phi) is 6.91.